The zero-order chi connectivity index (χ0) is 24.3. The van der Waals surface area contributed by atoms with Crippen LogP contribution in [-0.2, 0) is 27.9 Å². The Morgan fingerprint density at radius 2 is 1.36 bits per heavy atom. The summed E-state index contributed by atoms with van der Waals surface area (Å²) < 4.78 is 28.1. The summed E-state index contributed by atoms with van der Waals surface area (Å²) >= 11 is 0. The molecule has 0 radical (unpaired) electrons. The van der Waals surface area contributed by atoms with E-state index in [0.717, 1.165) is 63.0 Å². The summed E-state index contributed by atoms with van der Waals surface area (Å²) in [6, 6.07) is 9.74. The van der Waals surface area contributed by atoms with E-state index in [2.05, 4.69) is 15.1 Å². The second-order valence-corrected chi connectivity index (χ2v) is 11.2. The van der Waals surface area contributed by atoms with Crippen molar-refractivity contribution in [1.82, 2.24) is 9.80 Å². The maximum absolute atomic E-state index is 13.4. The number of rotatable bonds is 8. The molecule has 2 N–H and O–H groups in total. The number of nitrogens with one attached hydrogen (secondary N) is 1. The molecule has 2 heterocycles. The van der Waals surface area contributed by atoms with Crippen LogP contribution in [0.1, 0.15) is 43.7 Å². The van der Waals surface area contributed by atoms with Gasteiger partial charge in [0.25, 0.3) is 10.0 Å². The van der Waals surface area contributed by atoms with Crippen molar-refractivity contribution in [3.63, 3.8) is 0 Å². The van der Waals surface area contributed by atoms with E-state index in [-0.39, 0.29) is 41.4 Å². The molecule has 2 aromatic rings. The number of carbonyl (C=O) groups is 1. The second kappa shape index (κ2) is 13.0. The molecule has 2 aliphatic heterocycles. The van der Waals surface area contributed by atoms with Crippen LogP contribution in [0, 0.1) is 0 Å². The molecule has 0 atom stereocenters. The van der Waals surface area contributed by atoms with Crippen molar-refractivity contribution < 1.29 is 18.3 Å². The zero-order valence-electron chi connectivity index (χ0n) is 20.8. The van der Waals surface area contributed by atoms with E-state index in [9.17, 15) is 18.3 Å². The molecule has 2 aliphatic rings. The largest absolute Gasteiger partial charge is 0.507 e. The number of carbonyl (C=O) groups excluding carboxylic acids is 1. The highest BCUT2D eigenvalue weighted by Crippen LogP contribution is 2.34. The Morgan fingerprint density at radius 1 is 0.917 bits per heavy atom. The number of anilines is 2. The molecule has 2 saturated heterocycles. The molecular weight excluding hydrogens is 523 g/mol. The first-order chi connectivity index (χ1) is 16.2. The molecule has 0 aliphatic carbocycles. The van der Waals surface area contributed by atoms with Crippen molar-refractivity contribution >= 4 is 52.1 Å². The van der Waals surface area contributed by atoms with Crippen LogP contribution in [0.2, 0.25) is 0 Å². The van der Waals surface area contributed by atoms with Crippen molar-refractivity contribution in [3.05, 3.63) is 47.5 Å². The number of hydrogen-bond acceptors (Lipinski definition) is 6. The number of likely N-dealkylation sites (tertiary alicyclic amines) is 2. The number of aromatic hydroxyl groups is 1. The van der Waals surface area contributed by atoms with E-state index in [0.29, 0.717) is 24.5 Å². The van der Waals surface area contributed by atoms with E-state index in [4.69, 9.17) is 0 Å². The second-order valence-electron chi connectivity index (χ2n) is 9.26. The maximum atomic E-state index is 13.4. The summed E-state index contributed by atoms with van der Waals surface area (Å²) in [4.78, 5) is 16.0. The molecule has 200 valence electrons. The lowest BCUT2D eigenvalue weighted by Crippen LogP contribution is -2.27. The van der Waals surface area contributed by atoms with Crippen LogP contribution in [0.25, 0.3) is 0 Å². The molecule has 4 rings (SSSR count). The summed E-state index contributed by atoms with van der Waals surface area (Å²) in [5.74, 6) is 0.0564. The third-order valence-electron chi connectivity index (χ3n) is 6.63. The van der Waals surface area contributed by atoms with Crippen LogP contribution in [0.15, 0.2) is 41.3 Å². The van der Waals surface area contributed by atoms with Crippen molar-refractivity contribution in [3.8, 4) is 5.75 Å². The summed E-state index contributed by atoms with van der Waals surface area (Å²) in [6.07, 6.45) is 4.57. The number of phenolic OH excluding ortho intramolecular Hbond substituents is 1. The fourth-order valence-electron chi connectivity index (χ4n) is 4.74. The quantitative estimate of drug-likeness (QED) is 0.504. The first-order valence-corrected chi connectivity index (χ1v) is 13.3. The molecule has 8 nitrogen and oxygen atoms in total. The van der Waals surface area contributed by atoms with Gasteiger partial charge in [-0.3, -0.25) is 18.9 Å². The Hall–Kier alpha value is -2.04. The van der Waals surface area contributed by atoms with Gasteiger partial charge in [0, 0.05) is 43.9 Å². The lowest BCUT2D eigenvalue weighted by Gasteiger charge is -2.25. The molecule has 0 unspecified atom stereocenters. The van der Waals surface area contributed by atoms with Crippen molar-refractivity contribution in [2.45, 2.75) is 50.6 Å². The van der Waals surface area contributed by atoms with Crippen molar-refractivity contribution in [2.75, 3.05) is 42.8 Å². The van der Waals surface area contributed by atoms with E-state index < -0.39 is 10.0 Å². The van der Waals surface area contributed by atoms with Crippen LogP contribution < -0.4 is 9.62 Å². The summed E-state index contributed by atoms with van der Waals surface area (Å²) in [5, 5.41) is 13.7. The van der Waals surface area contributed by atoms with E-state index in [1.165, 1.54) is 23.4 Å². The van der Waals surface area contributed by atoms with Gasteiger partial charge in [0.2, 0.25) is 5.91 Å². The van der Waals surface area contributed by atoms with E-state index in [1.807, 2.05) is 0 Å². The van der Waals surface area contributed by atoms with Crippen LogP contribution >= 0.6 is 24.8 Å². The first-order valence-electron chi connectivity index (χ1n) is 11.9. The average molecular weight is 560 g/mol. The standard InChI is InChI=1S/C25H34N4O4S.2ClH/c1-19(30)26-22-7-9-24(10-8-22)34(32,33)27(2)23-15-20(17-28-11-3-4-12-28)25(31)21(16-23)18-29-13-5-6-14-29;;/h7-10,15-16,31H,3-6,11-14,17-18H2,1-2H3,(H,26,30);2*1H. The fraction of sp³-hybridized carbons (Fsp3) is 0.480. The molecule has 0 spiro atoms. The molecule has 1 amide bonds. The SMILES string of the molecule is CC(=O)Nc1ccc(S(=O)(=O)N(C)c2cc(CN3CCCC3)c(O)c(CN3CCCC3)c2)cc1.Cl.Cl. The minimum absolute atomic E-state index is 0. The van der Waals surface area contributed by atoms with Gasteiger partial charge in [-0.05, 0) is 88.3 Å². The minimum atomic E-state index is -3.83. The predicted octanol–water partition coefficient (Wildman–Crippen LogP) is 4.21. The Labute approximate surface area is 226 Å². The van der Waals surface area contributed by atoms with E-state index >= 15 is 0 Å². The van der Waals surface area contributed by atoms with Crippen molar-refractivity contribution in [2.24, 2.45) is 0 Å². The highest BCUT2D eigenvalue weighted by Gasteiger charge is 2.25. The van der Waals surface area contributed by atoms with Crippen molar-refractivity contribution in [1.29, 1.82) is 0 Å². The first kappa shape index (κ1) is 30.2. The van der Waals surface area contributed by atoms with E-state index in [1.54, 1.807) is 31.3 Å². The lowest BCUT2D eigenvalue weighted by molar-refractivity contribution is -0.114. The normalized spacial score (nSPS) is 16.3. The van der Waals surface area contributed by atoms with Crippen LogP contribution in [-0.4, -0.2) is 62.5 Å². The lowest BCUT2D eigenvalue weighted by atomic mass is 10.1. The Kier molecular flexibility index (Phi) is 10.9. The topological polar surface area (TPSA) is 93.2 Å². The smallest absolute Gasteiger partial charge is 0.264 e. The number of halogens is 2. The molecule has 11 heteroatoms. The molecule has 0 saturated carbocycles. The van der Waals surface area contributed by atoms with Gasteiger partial charge in [0.05, 0.1) is 10.6 Å². The maximum Gasteiger partial charge on any atom is 0.264 e. The highest BCUT2D eigenvalue weighted by molar-refractivity contribution is 7.92. The molecule has 36 heavy (non-hydrogen) atoms. The number of phenols is 1. The van der Waals surface area contributed by atoms with Gasteiger partial charge < -0.3 is 10.4 Å². The number of amides is 1. The molecule has 2 aromatic carbocycles. The Balaban J connectivity index is 0.00000228. The Bertz CT molecular complexity index is 1090. The number of nitrogens with zero attached hydrogens (tertiary/aromatic N) is 3. The Morgan fingerprint density at radius 3 is 1.78 bits per heavy atom. The zero-order valence-corrected chi connectivity index (χ0v) is 23.2. The summed E-state index contributed by atoms with van der Waals surface area (Å²) in [6.45, 7) is 6.56. The van der Waals surface area contributed by atoms with Gasteiger partial charge in [-0.2, -0.15) is 0 Å². The van der Waals surface area contributed by atoms with Gasteiger partial charge in [-0.15, -0.1) is 24.8 Å². The number of sulfonamides is 1. The summed E-state index contributed by atoms with van der Waals surface area (Å²) in [7, 11) is -2.28. The van der Waals surface area contributed by atoms with Crippen LogP contribution in [0.3, 0.4) is 0 Å². The summed E-state index contributed by atoms with van der Waals surface area (Å²) in [5.41, 5.74) is 2.60. The molecule has 0 aromatic heterocycles. The third-order valence-corrected chi connectivity index (χ3v) is 8.43. The van der Waals surface area contributed by atoms with Crippen LogP contribution in [0.4, 0.5) is 11.4 Å². The minimum Gasteiger partial charge on any atom is -0.507 e. The molecular formula is C25H36Cl2N4O4S. The monoisotopic (exact) mass is 558 g/mol. The van der Waals surface area contributed by atoms with Gasteiger partial charge in [-0.1, -0.05) is 0 Å². The number of benzene rings is 2. The molecule has 0 bridgehead atoms. The average Bonchev–Trinajstić information content (AvgIpc) is 3.50. The van der Waals surface area contributed by atoms with Gasteiger partial charge >= 0.3 is 0 Å². The van der Waals surface area contributed by atoms with Gasteiger partial charge in [-0.25, -0.2) is 8.42 Å². The third kappa shape index (κ3) is 7.04. The van der Waals surface area contributed by atoms with Gasteiger partial charge in [0.1, 0.15) is 5.75 Å². The number of hydrogen-bond donors (Lipinski definition) is 2. The highest BCUT2D eigenvalue weighted by atomic mass is 35.5. The predicted molar refractivity (Wildman–Crippen MR) is 148 cm³/mol. The molecule has 2 fully saturated rings. The van der Waals surface area contributed by atoms with Gasteiger partial charge in [0.15, 0.2) is 0 Å². The van der Waals surface area contributed by atoms with Crippen LogP contribution in [0.5, 0.6) is 5.75 Å². The fourth-order valence-corrected chi connectivity index (χ4v) is 5.92.